The maximum atomic E-state index is 14.3. The molecular weight excluding hydrogens is 584 g/mol. The zero-order valence-electron chi connectivity index (χ0n) is 27.2. The minimum Gasteiger partial charge on any atom is -0.490 e. The zero-order valence-corrected chi connectivity index (χ0v) is 27.2. The number of carbonyl (C=O) groups is 3. The van der Waals surface area contributed by atoms with Crippen LogP contribution in [0.2, 0.25) is 0 Å². The van der Waals surface area contributed by atoms with Crippen LogP contribution in [0.4, 0.5) is 5.69 Å². The molecule has 10 nitrogen and oxygen atoms in total. The first-order chi connectivity index (χ1) is 22.2. The molecule has 0 spiro atoms. The number of ether oxygens (including phenoxy) is 2. The van der Waals surface area contributed by atoms with Crippen molar-refractivity contribution in [1.82, 2.24) is 14.8 Å². The second-order valence-corrected chi connectivity index (χ2v) is 12.1. The van der Waals surface area contributed by atoms with Gasteiger partial charge in [-0.2, -0.15) is 0 Å². The van der Waals surface area contributed by atoms with Gasteiger partial charge < -0.3 is 29.7 Å². The molecule has 3 amide bonds. The van der Waals surface area contributed by atoms with Gasteiger partial charge in [-0.25, -0.2) is 0 Å². The average Bonchev–Trinajstić information content (AvgIpc) is 3.06. The highest BCUT2D eigenvalue weighted by Crippen LogP contribution is 2.29. The molecule has 0 saturated heterocycles. The van der Waals surface area contributed by atoms with Crippen LogP contribution >= 0.6 is 0 Å². The largest absolute Gasteiger partial charge is 0.490 e. The fraction of sp³-hybridized carbons (Fsp3) is 0.444. The number of pyridine rings is 1. The van der Waals surface area contributed by atoms with E-state index >= 15 is 0 Å². The summed E-state index contributed by atoms with van der Waals surface area (Å²) in [6.45, 7) is 6.66. The molecule has 0 bridgehead atoms. The molecule has 0 unspecified atom stereocenters. The Balaban J connectivity index is 1.60. The number of carbonyl (C=O) groups excluding carboxylic acids is 3. The summed E-state index contributed by atoms with van der Waals surface area (Å²) in [5.41, 5.74) is 2.11. The molecule has 0 aliphatic carbocycles. The smallest absolute Gasteiger partial charge is 0.258 e. The summed E-state index contributed by atoms with van der Waals surface area (Å²) in [6.07, 6.45) is 5.30. The average molecular weight is 631 g/mol. The van der Waals surface area contributed by atoms with E-state index in [4.69, 9.17) is 9.47 Å². The van der Waals surface area contributed by atoms with Crippen LogP contribution in [0.15, 0.2) is 73.1 Å². The Morgan fingerprint density at radius 3 is 2.54 bits per heavy atom. The highest BCUT2D eigenvalue weighted by molar-refractivity contribution is 6.05. The predicted molar refractivity (Wildman–Crippen MR) is 177 cm³/mol. The Hall–Kier alpha value is -4.28. The van der Waals surface area contributed by atoms with Gasteiger partial charge in [0, 0.05) is 56.3 Å². The summed E-state index contributed by atoms with van der Waals surface area (Å²) in [7, 11) is 1.78. The van der Waals surface area contributed by atoms with E-state index in [2.05, 4.69) is 10.3 Å². The molecule has 0 fully saturated rings. The van der Waals surface area contributed by atoms with Crippen LogP contribution in [0.1, 0.15) is 66.3 Å². The Kier molecular flexibility index (Phi) is 12.7. The quantitative estimate of drug-likeness (QED) is 0.366. The van der Waals surface area contributed by atoms with Crippen LogP contribution in [-0.4, -0.2) is 89.2 Å². The number of hydrogen-bond donors (Lipinski definition) is 2. The number of aliphatic hydroxyl groups is 1. The first-order valence-electron chi connectivity index (χ1n) is 16.0. The molecule has 1 aliphatic rings. The Morgan fingerprint density at radius 2 is 1.83 bits per heavy atom. The second kappa shape index (κ2) is 16.9. The highest BCUT2D eigenvalue weighted by atomic mass is 16.5. The lowest BCUT2D eigenvalue weighted by molar-refractivity contribution is -0.131. The van der Waals surface area contributed by atoms with Crippen molar-refractivity contribution in [2.24, 2.45) is 5.92 Å². The van der Waals surface area contributed by atoms with E-state index in [9.17, 15) is 19.5 Å². The van der Waals surface area contributed by atoms with Crippen LogP contribution in [0.25, 0.3) is 0 Å². The normalized spacial score (nSPS) is 20.1. The summed E-state index contributed by atoms with van der Waals surface area (Å²) < 4.78 is 12.7. The van der Waals surface area contributed by atoms with E-state index in [1.54, 1.807) is 66.5 Å². The summed E-state index contributed by atoms with van der Waals surface area (Å²) in [5.74, 6) is -0.437. The molecule has 46 heavy (non-hydrogen) atoms. The van der Waals surface area contributed by atoms with Crippen LogP contribution in [0.3, 0.4) is 0 Å². The van der Waals surface area contributed by atoms with Gasteiger partial charge >= 0.3 is 0 Å². The zero-order chi connectivity index (χ0) is 33.1. The van der Waals surface area contributed by atoms with E-state index in [1.165, 1.54) is 0 Å². The van der Waals surface area contributed by atoms with Crippen LogP contribution in [0.5, 0.6) is 5.75 Å². The van der Waals surface area contributed by atoms with Crippen molar-refractivity contribution in [3.8, 4) is 5.75 Å². The molecule has 2 N–H and O–H groups in total. The number of benzene rings is 2. The van der Waals surface area contributed by atoms with Gasteiger partial charge in [-0.3, -0.25) is 19.4 Å². The molecule has 0 saturated carbocycles. The molecule has 246 valence electrons. The first-order valence-corrected chi connectivity index (χ1v) is 16.0. The van der Waals surface area contributed by atoms with Crippen LogP contribution in [0, 0.1) is 5.92 Å². The van der Waals surface area contributed by atoms with Gasteiger partial charge in [0.15, 0.2) is 0 Å². The maximum Gasteiger partial charge on any atom is 0.258 e. The summed E-state index contributed by atoms with van der Waals surface area (Å²) in [5, 5.41) is 13.1. The molecule has 4 atom stereocenters. The molecule has 2 heterocycles. The van der Waals surface area contributed by atoms with E-state index < -0.39 is 6.04 Å². The minimum atomic E-state index is -0.513. The SMILES string of the molecule is C[C@@H]1CN([C@@H](C)CO)C(=O)c2cc(NC(=O)c3ccncc3)ccc2O[C@@H](C)CCCCO[C@@H]1CN(C)C(=O)Cc1ccccc1. The fourth-order valence-corrected chi connectivity index (χ4v) is 5.45. The molecule has 2 aromatic carbocycles. The van der Waals surface area contributed by atoms with Crippen LogP contribution in [-0.2, 0) is 16.0 Å². The third-order valence-electron chi connectivity index (χ3n) is 8.33. The van der Waals surface area contributed by atoms with Gasteiger partial charge in [-0.15, -0.1) is 0 Å². The number of amides is 3. The predicted octanol–water partition coefficient (Wildman–Crippen LogP) is 4.83. The summed E-state index contributed by atoms with van der Waals surface area (Å²) in [4.78, 5) is 47.6. The molecule has 10 heteroatoms. The molecule has 1 aliphatic heterocycles. The lowest BCUT2D eigenvalue weighted by Gasteiger charge is -2.36. The van der Waals surface area contributed by atoms with Gasteiger partial charge in [-0.1, -0.05) is 37.3 Å². The number of aliphatic hydroxyl groups excluding tert-OH is 1. The lowest BCUT2D eigenvalue weighted by atomic mass is 10.0. The Bertz CT molecular complexity index is 1440. The molecule has 0 radical (unpaired) electrons. The van der Waals surface area contributed by atoms with Crippen molar-refractivity contribution in [3.05, 3.63) is 89.7 Å². The van der Waals surface area contributed by atoms with Crippen molar-refractivity contribution in [2.75, 3.05) is 38.7 Å². The van der Waals surface area contributed by atoms with Crippen molar-refractivity contribution in [2.45, 2.75) is 64.7 Å². The van der Waals surface area contributed by atoms with E-state index in [0.717, 1.165) is 24.8 Å². The number of nitrogens with zero attached hydrogens (tertiary/aromatic N) is 3. The summed E-state index contributed by atoms with van der Waals surface area (Å²) in [6, 6.07) is 17.4. The highest BCUT2D eigenvalue weighted by Gasteiger charge is 2.31. The van der Waals surface area contributed by atoms with Crippen molar-refractivity contribution in [3.63, 3.8) is 0 Å². The van der Waals surface area contributed by atoms with Crippen molar-refractivity contribution < 1.29 is 29.0 Å². The number of fused-ring (bicyclic) bond motifs is 1. The van der Waals surface area contributed by atoms with Gasteiger partial charge in [0.05, 0.1) is 36.8 Å². The minimum absolute atomic E-state index is 0.0145. The van der Waals surface area contributed by atoms with Crippen molar-refractivity contribution in [1.29, 1.82) is 0 Å². The second-order valence-electron chi connectivity index (χ2n) is 12.1. The van der Waals surface area contributed by atoms with E-state index in [0.29, 0.717) is 36.6 Å². The molecule has 3 aromatic rings. The fourth-order valence-electron chi connectivity index (χ4n) is 5.45. The first kappa shape index (κ1) is 34.6. The molecular formula is C36H46N4O6. The standard InChI is InChI=1S/C36H46N4O6/c1-25-22-40(26(2)24-41)36(44)31-21-30(38-35(43)29-15-17-37-18-16-29)13-14-32(31)46-27(3)10-8-9-19-45-33(25)23-39(4)34(42)20-28-11-6-5-7-12-28/h5-7,11-18,21,25-27,33,41H,8-10,19-20,22-24H2,1-4H3,(H,38,43)/t25-,26+,27+,33-/m1/s1. The topological polar surface area (TPSA) is 121 Å². The van der Waals surface area contributed by atoms with Gasteiger partial charge in [0.2, 0.25) is 5.91 Å². The van der Waals surface area contributed by atoms with E-state index in [-0.39, 0.29) is 54.6 Å². The number of anilines is 1. The summed E-state index contributed by atoms with van der Waals surface area (Å²) >= 11 is 0. The lowest BCUT2D eigenvalue weighted by Crippen LogP contribution is -2.48. The third kappa shape index (κ3) is 9.61. The Labute approximate surface area is 271 Å². The number of nitrogens with one attached hydrogen (secondary N) is 1. The van der Waals surface area contributed by atoms with Gasteiger partial charge in [-0.05, 0) is 69.0 Å². The van der Waals surface area contributed by atoms with Crippen LogP contribution < -0.4 is 10.1 Å². The molecule has 4 rings (SSSR count). The van der Waals surface area contributed by atoms with E-state index in [1.807, 2.05) is 44.2 Å². The molecule has 1 aromatic heterocycles. The van der Waals surface area contributed by atoms with Crippen molar-refractivity contribution >= 4 is 23.4 Å². The van der Waals surface area contributed by atoms with Gasteiger partial charge in [0.25, 0.3) is 11.8 Å². The maximum absolute atomic E-state index is 14.3. The monoisotopic (exact) mass is 630 g/mol. The number of hydrogen-bond acceptors (Lipinski definition) is 7. The van der Waals surface area contributed by atoms with Gasteiger partial charge in [0.1, 0.15) is 5.75 Å². The number of likely N-dealkylation sites (N-methyl/N-ethyl adjacent to an activating group) is 1. The third-order valence-corrected chi connectivity index (χ3v) is 8.33. The number of aromatic nitrogens is 1. The Morgan fingerprint density at radius 1 is 1.09 bits per heavy atom. The number of rotatable bonds is 8.